The number of aryl methyl sites for hydroxylation is 1. The van der Waals surface area contributed by atoms with E-state index in [9.17, 15) is 8.78 Å². The summed E-state index contributed by atoms with van der Waals surface area (Å²) in [6.45, 7) is 5.00. The van der Waals surface area contributed by atoms with Crippen molar-refractivity contribution >= 4 is 0 Å². The summed E-state index contributed by atoms with van der Waals surface area (Å²) in [4.78, 5) is 4.56. The predicted octanol–water partition coefficient (Wildman–Crippen LogP) is 5.29. The largest absolute Gasteiger partial charge is 0.278 e. The molecule has 1 atom stereocenters. The third-order valence-corrected chi connectivity index (χ3v) is 5.35. The van der Waals surface area contributed by atoms with Crippen molar-refractivity contribution in [3.63, 3.8) is 0 Å². The maximum atomic E-state index is 14.2. The Morgan fingerprint density at radius 2 is 1.54 bits per heavy atom. The zero-order valence-corrected chi connectivity index (χ0v) is 16.0. The first-order valence-electron chi connectivity index (χ1n) is 9.63. The summed E-state index contributed by atoms with van der Waals surface area (Å²) in [5.41, 5.74) is 4.02. The number of halogens is 2. The van der Waals surface area contributed by atoms with Gasteiger partial charge in [0, 0.05) is 31.7 Å². The summed E-state index contributed by atoms with van der Waals surface area (Å²) in [6.07, 6.45) is -0.0865. The van der Waals surface area contributed by atoms with E-state index in [0.29, 0.717) is 12.1 Å². The van der Waals surface area contributed by atoms with Crippen LogP contribution in [0, 0.1) is 18.6 Å². The van der Waals surface area contributed by atoms with Crippen LogP contribution in [-0.4, -0.2) is 22.9 Å². The van der Waals surface area contributed by atoms with E-state index < -0.39 is 0 Å². The summed E-state index contributed by atoms with van der Waals surface area (Å²) in [7, 11) is 0. The van der Waals surface area contributed by atoms with Crippen molar-refractivity contribution in [3.05, 3.63) is 107 Å². The topological polar surface area (TPSA) is 6.48 Å². The van der Waals surface area contributed by atoms with Crippen molar-refractivity contribution in [2.45, 2.75) is 26.2 Å². The van der Waals surface area contributed by atoms with Gasteiger partial charge >= 0.3 is 0 Å². The van der Waals surface area contributed by atoms with Crippen LogP contribution in [0.25, 0.3) is 0 Å². The minimum absolute atomic E-state index is 0.0865. The Morgan fingerprint density at radius 1 is 0.821 bits per heavy atom. The summed E-state index contributed by atoms with van der Waals surface area (Å²) in [5, 5.41) is 0. The number of hydrogen-bond acceptors (Lipinski definition) is 2. The lowest BCUT2D eigenvalue weighted by Crippen LogP contribution is -2.30. The Hall–Kier alpha value is -2.56. The predicted molar refractivity (Wildman–Crippen MR) is 108 cm³/mol. The van der Waals surface area contributed by atoms with Crippen molar-refractivity contribution in [1.29, 1.82) is 0 Å². The van der Waals surface area contributed by atoms with Crippen molar-refractivity contribution in [1.82, 2.24) is 9.80 Å². The average molecular weight is 378 g/mol. The molecule has 0 N–H and O–H groups in total. The highest BCUT2D eigenvalue weighted by molar-refractivity contribution is 5.25. The quantitative estimate of drug-likeness (QED) is 0.595. The molecule has 1 unspecified atom stereocenters. The van der Waals surface area contributed by atoms with E-state index >= 15 is 0 Å². The lowest BCUT2D eigenvalue weighted by molar-refractivity contribution is 0.124. The molecule has 0 radical (unpaired) electrons. The Morgan fingerprint density at radius 3 is 2.25 bits per heavy atom. The number of hydrogen-bond donors (Lipinski definition) is 0. The number of benzene rings is 3. The van der Waals surface area contributed by atoms with Gasteiger partial charge in [-0.25, -0.2) is 8.78 Å². The van der Waals surface area contributed by atoms with Gasteiger partial charge < -0.3 is 0 Å². The molecule has 3 aromatic carbocycles. The van der Waals surface area contributed by atoms with Gasteiger partial charge in [0.1, 0.15) is 11.6 Å². The van der Waals surface area contributed by atoms with Crippen LogP contribution in [0.1, 0.15) is 28.4 Å². The summed E-state index contributed by atoms with van der Waals surface area (Å²) in [6, 6.07) is 22.1. The maximum Gasteiger partial charge on any atom is 0.127 e. The zero-order chi connectivity index (χ0) is 19.5. The second-order valence-corrected chi connectivity index (χ2v) is 7.45. The fourth-order valence-electron chi connectivity index (χ4n) is 3.93. The van der Waals surface area contributed by atoms with Crippen molar-refractivity contribution in [3.8, 4) is 0 Å². The van der Waals surface area contributed by atoms with Gasteiger partial charge in [0.25, 0.3) is 0 Å². The van der Waals surface area contributed by atoms with Crippen LogP contribution < -0.4 is 0 Å². The van der Waals surface area contributed by atoms with Crippen LogP contribution in [0.5, 0.6) is 0 Å². The van der Waals surface area contributed by atoms with Gasteiger partial charge in [-0.15, -0.1) is 0 Å². The molecule has 2 nitrogen and oxygen atoms in total. The minimum Gasteiger partial charge on any atom is -0.278 e. The molecule has 28 heavy (non-hydrogen) atoms. The molecule has 4 rings (SSSR count). The molecule has 0 bridgehead atoms. The second-order valence-electron chi connectivity index (χ2n) is 7.45. The highest BCUT2D eigenvalue weighted by atomic mass is 19.1. The van der Waals surface area contributed by atoms with E-state index in [1.54, 1.807) is 18.2 Å². The first-order valence-corrected chi connectivity index (χ1v) is 9.63. The molecular weight excluding hydrogens is 354 g/mol. The molecule has 1 fully saturated rings. The highest BCUT2D eigenvalue weighted by Gasteiger charge is 2.33. The molecule has 1 saturated heterocycles. The lowest BCUT2D eigenvalue weighted by Gasteiger charge is -2.31. The van der Waals surface area contributed by atoms with Crippen molar-refractivity contribution in [2.75, 3.05) is 13.1 Å². The molecule has 4 heteroatoms. The molecule has 144 valence electrons. The molecule has 1 aliphatic heterocycles. The second kappa shape index (κ2) is 8.21. The molecule has 0 spiro atoms. The van der Waals surface area contributed by atoms with Gasteiger partial charge in [-0.1, -0.05) is 60.2 Å². The van der Waals surface area contributed by atoms with Gasteiger partial charge in [-0.2, -0.15) is 0 Å². The molecule has 0 saturated carbocycles. The third-order valence-electron chi connectivity index (χ3n) is 5.35. The van der Waals surface area contributed by atoms with Crippen LogP contribution in [-0.2, 0) is 13.1 Å². The van der Waals surface area contributed by atoms with E-state index in [1.165, 1.54) is 23.3 Å². The molecule has 1 heterocycles. The first-order chi connectivity index (χ1) is 13.6. The van der Waals surface area contributed by atoms with Gasteiger partial charge in [-0.3, -0.25) is 9.80 Å². The van der Waals surface area contributed by atoms with Crippen LogP contribution >= 0.6 is 0 Å². The zero-order valence-electron chi connectivity index (χ0n) is 16.0. The van der Waals surface area contributed by atoms with Gasteiger partial charge in [-0.05, 0) is 36.2 Å². The van der Waals surface area contributed by atoms with Crippen LogP contribution in [0.2, 0.25) is 0 Å². The molecular formula is C24H24F2N2. The van der Waals surface area contributed by atoms with E-state index in [4.69, 9.17) is 0 Å². The standard InChI is InChI=1S/C24H24F2N2/c1-18-9-11-19(12-10-18)16-27-13-14-28(17-21-5-2-3-8-23(21)26)24(27)20-6-4-7-22(25)15-20/h2-12,15,24H,13-14,16-17H2,1H3. The SMILES string of the molecule is Cc1ccc(CN2CCN(Cc3ccccc3F)C2c2cccc(F)c2)cc1. The van der Waals surface area contributed by atoms with E-state index in [1.807, 2.05) is 18.2 Å². The van der Waals surface area contributed by atoms with Crippen molar-refractivity contribution in [2.24, 2.45) is 0 Å². The fraction of sp³-hybridized carbons (Fsp3) is 0.250. The first kappa shape index (κ1) is 18.8. The van der Waals surface area contributed by atoms with Gasteiger partial charge in [0.15, 0.2) is 0 Å². The Bertz CT molecular complexity index is 939. The van der Waals surface area contributed by atoms with Crippen LogP contribution in [0.3, 0.4) is 0 Å². The Balaban J connectivity index is 1.62. The maximum absolute atomic E-state index is 14.2. The van der Waals surface area contributed by atoms with Crippen molar-refractivity contribution < 1.29 is 8.78 Å². The monoisotopic (exact) mass is 378 g/mol. The Kier molecular flexibility index (Phi) is 5.51. The van der Waals surface area contributed by atoms with Gasteiger partial charge in [0.2, 0.25) is 0 Å². The van der Waals surface area contributed by atoms with Crippen LogP contribution in [0.4, 0.5) is 8.78 Å². The molecule has 0 amide bonds. The smallest absolute Gasteiger partial charge is 0.127 e. The fourth-order valence-corrected chi connectivity index (χ4v) is 3.93. The highest BCUT2D eigenvalue weighted by Crippen LogP contribution is 2.33. The minimum atomic E-state index is -0.245. The molecule has 0 aromatic heterocycles. The summed E-state index contributed by atoms with van der Waals surface area (Å²) in [5.74, 6) is -0.442. The normalized spacial score (nSPS) is 17.9. The number of rotatable bonds is 5. The summed E-state index contributed by atoms with van der Waals surface area (Å²) < 4.78 is 28.2. The lowest BCUT2D eigenvalue weighted by atomic mass is 10.1. The summed E-state index contributed by atoms with van der Waals surface area (Å²) >= 11 is 0. The molecule has 0 aliphatic carbocycles. The Labute approximate surface area is 165 Å². The number of nitrogens with zero attached hydrogens (tertiary/aromatic N) is 2. The van der Waals surface area contributed by atoms with E-state index in [0.717, 1.165) is 25.2 Å². The van der Waals surface area contributed by atoms with E-state index in [-0.39, 0.29) is 17.8 Å². The molecule has 1 aliphatic rings. The van der Waals surface area contributed by atoms with Gasteiger partial charge in [0.05, 0.1) is 6.17 Å². The van der Waals surface area contributed by atoms with E-state index in [2.05, 4.69) is 41.0 Å². The van der Waals surface area contributed by atoms with Crippen LogP contribution in [0.15, 0.2) is 72.8 Å². The third kappa shape index (κ3) is 4.13. The average Bonchev–Trinajstić information content (AvgIpc) is 3.07. The molecule has 3 aromatic rings.